The first-order chi connectivity index (χ1) is 12.2. The van der Waals surface area contributed by atoms with E-state index in [1.165, 1.54) is 0 Å². The van der Waals surface area contributed by atoms with Gasteiger partial charge in [0, 0.05) is 11.5 Å². The van der Waals surface area contributed by atoms with Crippen LogP contribution in [0.1, 0.15) is 18.6 Å². The molecule has 128 valence electrons. The number of pyridine rings is 1. The quantitative estimate of drug-likeness (QED) is 0.753. The summed E-state index contributed by atoms with van der Waals surface area (Å²) in [5, 5.41) is 8.47. The first kappa shape index (κ1) is 15.5. The molecule has 1 aromatic carbocycles. The summed E-state index contributed by atoms with van der Waals surface area (Å²) in [6.45, 7) is 2.81. The maximum absolute atomic E-state index is 11.5. The minimum atomic E-state index is -0.345. The van der Waals surface area contributed by atoms with Gasteiger partial charge in [-0.15, -0.1) is 10.2 Å². The normalized spacial score (nSPS) is 19.6. The van der Waals surface area contributed by atoms with E-state index >= 15 is 0 Å². The average Bonchev–Trinajstić information content (AvgIpc) is 3.08. The summed E-state index contributed by atoms with van der Waals surface area (Å²) < 4.78 is 13.0. The summed E-state index contributed by atoms with van der Waals surface area (Å²) in [6, 6.07) is 7.58. The second-order valence-corrected chi connectivity index (χ2v) is 5.82. The maximum Gasteiger partial charge on any atom is 0.225 e. The van der Waals surface area contributed by atoms with E-state index in [9.17, 15) is 4.79 Å². The Morgan fingerprint density at radius 2 is 2.16 bits per heavy atom. The molecule has 1 amide bonds. The van der Waals surface area contributed by atoms with Crippen molar-refractivity contribution in [2.75, 3.05) is 13.2 Å². The summed E-state index contributed by atoms with van der Waals surface area (Å²) in [7, 11) is 0. The summed E-state index contributed by atoms with van der Waals surface area (Å²) in [5.74, 6) is 0.733. The lowest BCUT2D eigenvalue weighted by Gasteiger charge is -2.35. The molecule has 0 aliphatic carbocycles. The van der Waals surface area contributed by atoms with Gasteiger partial charge in [-0.05, 0) is 24.6 Å². The molecule has 25 heavy (non-hydrogen) atoms. The molecule has 2 N–H and O–H groups in total. The zero-order valence-electron chi connectivity index (χ0n) is 13.6. The summed E-state index contributed by atoms with van der Waals surface area (Å²) in [6.07, 6.45) is 2.85. The third kappa shape index (κ3) is 2.70. The van der Waals surface area contributed by atoms with Crippen molar-refractivity contribution in [2.24, 2.45) is 11.7 Å². The Hall–Kier alpha value is -3.00. The molecule has 1 saturated heterocycles. The van der Waals surface area contributed by atoms with E-state index in [0.29, 0.717) is 24.8 Å². The monoisotopic (exact) mass is 339 g/mol. The number of nitrogens with two attached hydrogens (primary N) is 1. The molecular weight excluding hydrogens is 322 g/mol. The number of carbonyl (C=O) groups is 1. The van der Waals surface area contributed by atoms with E-state index in [4.69, 9.17) is 15.2 Å². The molecule has 2 aromatic heterocycles. The molecule has 8 heteroatoms. The van der Waals surface area contributed by atoms with Crippen molar-refractivity contribution < 1.29 is 14.3 Å². The van der Waals surface area contributed by atoms with Crippen LogP contribution in [0.4, 0.5) is 0 Å². The standard InChI is InChI=1S/C17H17N5O3/c1-2-24-14-6-15(22-8-19-20-9-22)21-13-4-3-10(5-11(13)14)16-12(7-25-16)17(18)23/h3-6,8-9,12,16H,2,7H2,1H3,(H2,18,23). The lowest BCUT2D eigenvalue weighted by atomic mass is 9.90. The molecule has 0 bridgehead atoms. The van der Waals surface area contributed by atoms with Gasteiger partial charge in [0.05, 0.1) is 30.8 Å². The van der Waals surface area contributed by atoms with Crippen LogP contribution in [-0.2, 0) is 9.53 Å². The highest BCUT2D eigenvalue weighted by Gasteiger charge is 2.37. The largest absolute Gasteiger partial charge is 0.493 e. The predicted molar refractivity (Wildman–Crippen MR) is 89.2 cm³/mol. The molecule has 1 aliphatic heterocycles. The second-order valence-electron chi connectivity index (χ2n) is 5.82. The molecule has 1 fully saturated rings. The number of hydrogen-bond donors (Lipinski definition) is 1. The average molecular weight is 339 g/mol. The Morgan fingerprint density at radius 3 is 2.80 bits per heavy atom. The van der Waals surface area contributed by atoms with Crippen LogP contribution in [0, 0.1) is 5.92 Å². The van der Waals surface area contributed by atoms with E-state index < -0.39 is 0 Å². The van der Waals surface area contributed by atoms with Gasteiger partial charge < -0.3 is 15.2 Å². The molecule has 0 radical (unpaired) electrons. The molecule has 2 unspecified atom stereocenters. The molecular formula is C17H17N5O3. The van der Waals surface area contributed by atoms with Gasteiger partial charge in [-0.25, -0.2) is 4.98 Å². The Kier molecular flexibility index (Phi) is 3.81. The van der Waals surface area contributed by atoms with Gasteiger partial charge in [0.15, 0.2) is 0 Å². The van der Waals surface area contributed by atoms with Crippen LogP contribution >= 0.6 is 0 Å². The van der Waals surface area contributed by atoms with E-state index in [2.05, 4.69) is 15.2 Å². The SMILES string of the molecule is CCOc1cc(-n2cnnc2)nc2ccc(C3OCC3C(N)=O)cc12. The number of amides is 1. The molecule has 0 spiro atoms. The number of rotatable bonds is 5. The van der Waals surface area contributed by atoms with Crippen molar-refractivity contribution in [3.05, 3.63) is 42.5 Å². The topological polar surface area (TPSA) is 105 Å². The van der Waals surface area contributed by atoms with E-state index in [1.54, 1.807) is 17.2 Å². The Bertz CT molecular complexity index is 925. The number of primary amides is 1. The van der Waals surface area contributed by atoms with Gasteiger partial charge >= 0.3 is 0 Å². The summed E-state index contributed by atoms with van der Waals surface area (Å²) >= 11 is 0. The number of fused-ring (bicyclic) bond motifs is 1. The molecule has 3 heterocycles. The zero-order chi connectivity index (χ0) is 17.4. The van der Waals surface area contributed by atoms with Gasteiger partial charge in [-0.1, -0.05) is 6.07 Å². The molecule has 2 atom stereocenters. The highest BCUT2D eigenvalue weighted by atomic mass is 16.5. The molecule has 4 rings (SSSR count). The third-order valence-corrected chi connectivity index (χ3v) is 4.28. The smallest absolute Gasteiger partial charge is 0.225 e. The number of ether oxygens (including phenoxy) is 2. The van der Waals surface area contributed by atoms with Crippen molar-refractivity contribution in [1.29, 1.82) is 0 Å². The van der Waals surface area contributed by atoms with Crippen molar-refractivity contribution in [1.82, 2.24) is 19.7 Å². The molecule has 1 aliphatic rings. The van der Waals surface area contributed by atoms with Gasteiger partial charge in [-0.3, -0.25) is 9.36 Å². The van der Waals surface area contributed by atoms with E-state index in [1.807, 2.05) is 31.2 Å². The molecule has 8 nitrogen and oxygen atoms in total. The van der Waals surface area contributed by atoms with E-state index in [-0.39, 0.29) is 17.9 Å². The number of hydrogen-bond acceptors (Lipinski definition) is 6. The highest BCUT2D eigenvalue weighted by Crippen LogP contribution is 2.38. The van der Waals surface area contributed by atoms with Crippen LogP contribution < -0.4 is 10.5 Å². The number of benzene rings is 1. The minimum Gasteiger partial charge on any atom is -0.493 e. The third-order valence-electron chi connectivity index (χ3n) is 4.28. The van der Waals surface area contributed by atoms with Gasteiger partial charge in [0.25, 0.3) is 0 Å². The number of nitrogens with zero attached hydrogens (tertiary/aromatic N) is 4. The van der Waals surface area contributed by atoms with Crippen LogP contribution in [0.5, 0.6) is 5.75 Å². The fourth-order valence-electron chi connectivity index (χ4n) is 2.95. The summed E-state index contributed by atoms with van der Waals surface area (Å²) in [4.78, 5) is 16.1. The Morgan fingerprint density at radius 1 is 1.36 bits per heavy atom. The summed E-state index contributed by atoms with van der Waals surface area (Å²) in [5.41, 5.74) is 7.08. The van der Waals surface area contributed by atoms with Crippen LogP contribution in [-0.4, -0.2) is 38.9 Å². The Labute approximate surface area is 143 Å². The van der Waals surface area contributed by atoms with Crippen molar-refractivity contribution in [3.8, 4) is 11.6 Å². The van der Waals surface area contributed by atoms with E-state index in [0.717, 1.165) is 16.5 Å². The highest BCUT2D eigenvalue weighted by molar-refractivity contribution is 5.87. The maximum atomic E-state index is 11.5. The van der Waals surface area contributed by atoms with Crippen LogP contribution in [0.25, 0.3) is 16.7 Å². The van der Waals surface area contributed by atoms with Crippen molar-refractivity contribution in [2.45, 2.75) is 13.0 Å². The lowest BCUT2D eigenvalue weighted by Crippen LogP contribution is -2.42. The fraction of sp³-hybridized carbons (Fsp3) is 0.294. The lowest BCUT2D eigenvalue weighted by molar-refractivity contribution is -0.154. The van der Waals surface area contributed by atoms with Crippen LogP contribution in [0.15, 0.2) is 36.9 Å². The van der Waals surface area contributed by atoms with Crippen molar-refractivity contribution in [3.63, 3.8) is 0 Å². The Balaban J connectivity index is 1.80. The first-order valence-corrected chi connectivity index (χ1v) is 8.01. The van der Waals surface area contributed by atoms with Crippen LogP contribution in [0.2, 0.25) is 0 Å². The van der Waals surface area contributed by atoms with Gasteiger partial charge in [0.2, 0.25) is 5.91 Å². The van der Waals surface area contributed by atoms with Crippen LogP contribution in [0.3, 0.4) is 0 Å². The predicted octanol–water partition coefficient (Wildman–Crippen LogP) is 1.39. The van der Waals surface area contributed by atoms with Gasteiger partial charge in [-0.2, -0.15) is 0 Å². The number of carbonyl (C=O) groups excluding carboxylic acids is 1. The minimum absolute atomic E-state index is 0.294. The fourth-order valence-corrected chi connectivity index (χ4v) is 2.95. The zero-order valence-corrected chi connectivity index (χ0v) is 13.6. The number of aromatic nitrogens is 4. The first-order valence-electron chi connectivity index (χ1n) is 8.01. The van der Waals surface area contributed by atoms with Crippen molar-refractivity contribution >= 4 is 16.8 Å². The molecule has 3 aromatic rings. The van der Waals surface area contributed by atoms with Gasteiger partial charge in [0.1, 0.15) is 24.2 Å². The second kappa shape index (κ2) is 6.14. The molecule has 0 saturated carbocycles.